The van der Waals surface area contributed by atoms with Gasteiger partial charge in [-0.1, -0.05) is 25.0 Å². The molecule has 2 rings (SSSR count). The SMILES string of the molecule is COC(=O)C1Cc2cccc(c2)OCCCCCCC(=O)NCC(=O)N1. The Kier molecular flexibility index (Phi) is 7.92. The van der Waals surface area contributed by atoms with Crippen LogP contribution in [0.15, 0.2) is 24.3 Å². The van der Waals surface area contributed by atoms with E-state index in [0.717, 1.165) is 37.0 Å². The van der Waals surface area contributed by atoms with Crippen LogP contribution >= 0.6 is 0 Å². The number of methoxy groups -OCH3 is 1. The van der Waals surface area contributed by atoms with E-state index in [1.54, 1.807) is 0 Å². The highest BCUT2D eigenvalue weighted by Gasteiger charge is 2.22. The largest absolute Gasteiger partial charge is 0.494 e. The highest BCUT2D eigenvalue weighted by Crippen LogP contribution is 2.16. The molecule has 1 aliphatic rings. The van der Waals surface area contributed by atoms with Gasteiger partial charge in [-0.3, -0.25) is 9.59 Å². The molecule has 2 amide bonds. The fraction of sp³-hybridized carbons (Fsp3) is 0.526. The first-order valence-electron chi connectivity index (χ1n) is 8.94. The number of nitrogens with one attached hydrogen (secondary N) is 2. The van der Waals surface area contributed by atoms with E-state index in [4.69, 9.17) is 9.47 Å². The molecule has 1 atom stereocenters. The molecule has 0 radical (unpaired) electrons. The highest BCUT2D eigenvalue weighted by atomic mass is 16.5. The Bertz CT molecular complexity index is 632. The van der Waals surface area contributed by atoms with Gasteiger partial charge in [0.25, 0.3) is 0 Å². The lowest BCUT2D eigenvalue weighted by Crippen LogP contribution is -2.47. The Balaban J connectivity index is 2.11. The molecule has 1 aromatic rings. The number of fused-ring (bicyclic) bond motifs is 2. The van der Waals surface area contributed by atoms with Crippen molar-refractivity contribution in [1.82, 2.24) is 10.6 Å². The van der Waals surface area contributed by atoms with Crippen LogP contribution in [-0.4, -0.2) is 44.1 Å². The molecule has 1 aliphatic heterocycles. The van der Waals surface area contributed by atoms with Crippen LogP contribution in [0.25, 0.3) is 0 Å². The minimum atomic E-state index is -0.824. The number of hydrogen-bond acceptors (Lipinski definition) is 5. The van der Waals surface area contributed by atoms with Crippen LogP contribution < -0.4 is 15.4 Å². The van der Waals surface area contributed by atoms with Gasteiger partial charge in [0.05, 0.1) is 20.3 Å². The lowest BCUT2D eigenvalue weighted by molar-refractivity contribution is -0.145. The van der Waals surface area contributed by atoms with Gasteiger partial charge in [-0.15, -0.1) is 0 Å². The standard InChI is InChI=1S/C19H26N2O5/c1-25-19(24)16-12-14-7-6-8-15(11-14)26-10-5-3-2-4-9-17(22)20-13-18(23)21-16/h6-8,11,16H,2-5,9-10,12-13H2,1H3,(H,20,22)(H,21,23). The van der Waals surface area contributed by atoms with E-state index in [9.17, 15) is 14.4 Å². The average molecular weight is 362 g/mol. The molecule has 2 bridgehead atoms. The predicted octanol–water partition coefficient (Wildman–Crippen LogP) is 1.35. The second kappa shape index (κ2) is 10.4. The van der Waals surface area contributed by atoms with Gasteiger partial charge in [-0.2, -0.15) is 0 Å². The molecule has 142 valence electrons. The summed E-state index contributed by atoms with van der Waals surface area (Å²) in [5.74, 6) is -0.389. The molecule has 0 aromatic heterocycles. The van der Waals surface area contributed by atoms with E-state index in [1.807, 2.05) is 24.3 Å². The van der Waals surface area contributed by atoms with Crippen LogP contribution in [0, 0.1) is 0 Å². The second-order valence-corrected chi connectivity index (χ2v) is 6.28. The Morgan fingerprint density at radius 3 is 2.77 bits per heavy atom. The molecule has 1 unspecified atom stereocenters. The number of carbonyl (C=O) groups is 3. The van der Waals surface area contributed by atoms with Crippen molar-refractivity contribution in [3.63, 3.8) is 0 Å². The Hall–Kier alpha value is -2.57. The number of ether oxygens (including phenoxy) is 2. The smallest absolute Gasteiger partial charge is 0.328 e. The Morgan fingerprint density at radius 1 is 1.15 bits per heavy atom. The summed E-state index contributed by atoms with van der Waals surface area (Å²) in [6, 6.07) is 6.63. The molecule has 0 aliphatic carbocycles. The molecular weight excluding hydrogens is 336 g/mol. The fourth-order valence-corrected chi connectivity index (χ4v) is 2.78. The summed E-state index contributed by atoms with van der Waals surface area (Å²) in [5, 5.41) is 5.20. The summed E-state index contributed by atoms with van der Waals surface area (Å²) in [4.78, 5) is 35.8. The quantitative estimate of drug-likeness (QED) is 0.736. The first-order valence-corrected chi connectivity index (χ1v) is 8.94. The molecule has 0 saturated heterocycles. The molecular formula is C19H26N2O5. The van der Waals surface area contributed by atoms with Gasteiger partial charge >= 0.3 is 5.97 Å². The van der Waals surface area contributed by atoms with Gasteiger partial charge in [0.1, 0.15) is 11.8 Å². The molecule has 7 nitrogen and oxygen atoms in total. The number of carbonyl (C=O) groups excluding carboxylic acids is 3. The summed E-state index contributed by atoms with van der Waals surface area (Å²) in [6.45, 7) is 0.447. The van der Waals surface area contributed by atoms with E-state index in [0.29, 0.717) is 13.0 Å². The predicted molar refractivity (Wildman–Crippen MR) is 95.7 cm³/mol. The van der Waals surface area contributed by atoms with Crippen molar-refractivity contribution in [3.8, 4) is 5.75 Å². The van der Waals surface area contributed by atoms with E-state index in [2.05, 4.69) is 10.6 Å². The van der Waals surface area contributed by atoms with Gasteiger partial charge in [-0.05, 0) is 30.5 Å². The van der Waals surface area contributed by atoms with Crippen molar-refractivity contribution in [1.29, 1.82) is 0 Å². The maximum Gasteiger partial charge on any atom is 0.328 e. The van der Waals surface area contributed by atoms with Crippen LogP contribution in [0.3, 0.4) is 0 Å². The van der Waals surface area contributed by atoms with Gasteiger partial charge in [0.15, 0.2) is 0 Å². The topological polar surface area (TPSA) is 93.7 Å². The zero-order valence-electron chi connectivity index (χ0n) is 15.1. The van der Waals surface area contributed by atoms with E-state index < -0.39 is 17.9 Å². The van der Waals surface area contributed by atoms with Crippen LogP contribution in [0.1, 0.15) is 37.7 Å². The number of benzene rings is 1. The molecule has 0 saturated carbocycles. The summed E-state index contributed by atoms with van der Waals surface area (Å²) < 4.78 is 10.5. The number of amides is 2. The third-order valence-electron chi connectivity index (χ3n) is 4.17. The Labute approximate surface area is 153 Å². The van der Waals surface area contributed by atoms with E-state index in [-0.39, 0.29) is 18.9 Å². The monoisotopic (exact) mass is 362 g/mol. The zero-order valence-corrected chi connectivity index (χ0v) is 15.1. The van der Waals surface area contributed by atoms with E-state index >= 15 is 0 Å². The van der Waals surface area contributed by atoms with Crippen molar-refractivity contribution in [2.24, 2.45) is 0 Å². The van der Waals surface area contributed by atoms with Crippen LogP contribution in [-0.2, 0) is 25.5 Å². The summed E-state index contributed by atoms with van der Waals surface area (Å²) in [5.41, 5.74) is 0.853. The van der Waals surface area contributed by atoms with Crippen molar-refractivity contribution in [3.05, 3.63) is 29.8 Å². The molecule has 26 heavy (non-hydrogen) atoms. The average Bonchev–Trinajstić information content (AvgIpc) is 2.64. The number of esters is 1. The molecule has 7 heteroatoms. The fourth-order valence-electron chi connectivity index (χ4n) is 2.78. The molecule has 0 fully saturated rings. The third-order valence-corrected chi connectivity index (χ3v) is 4.17. The van der Waals surface area contributed by atoms with Gasteiger partial charge in [0.2, 0.25) is 11.8 Å². The molecule has 2 N–H and O–H groups in total. The molecule has 1 aromatic carbocycles. The minimum absolute atomic E-state index is 0.157. The normalized spacial score (nSPS) is 20.1. The zero-order chi connectivity index (χ0) is 18.8. The summed E-state index contributed by atoms with van der Waals surface area (Å²) in [7, 11) is 1.28. The lowest BCUT2D eigenvalue weighted by atomic mass is 10.1. The highest BCUT2D eigenvalue weighted by molar-refractivity contribution is 5.88. The van der Waals surface area contributed by atoms with E-state index in [1.165, 1.54) is 7.11 Å². The van der Waals surface area contributed by atoms with Crippen molar-refractivity contribution < 1.29 is 23.9 Å². The minimum Gasteiger partial charge on any atom is -0.494 e. The van der Waals surface area contributed by atoms with Gasteiger partial charge < -0.3 is 20.1 Å². The molecule has 0 spiro atoms. The van der Waals surface area contributed by atoms with Crippen LogP contribution in [0.2, 0.25) is 0 Å². The third kappa shape index (κ3) is 6.74. The second-order valence-electron chi connectivity index (χ2n) is 6.28. The Morgan fingerprint density at radius 2 is 1.96 bits per heavy atom. The van der Waals surface area contributed by atoms with Crippen molar-refractivity contribution in [2.45, 2.75) is 44.6 Å². The number of rotatable bonds is 1. The van der Waals surface area contributed by atoms with Crippen molar-refractivity contribution in [2.75, 3.05) is 20.3 Å². The molecule has 1 heterocycles. The maximum absolute atomic E-state index is 12.1. The lowest BCUT2D eigenvalue weighted by Gasteiger charge is -2.17. The van der Waals surface area contributed by atoms with Gasteiger partial charge in [0, 0.05) is 12.8 Å². The van der Waals surface area contributed by atoms with Gasteiger partial charge in [-0.25, -0.2) is 4.79 Å². The summed E-state index contributed by atoms with van der Waals surface area (Å²) >= 11 is 0. The number of hydrogen-bond donors (Lipinski definition) is 2. The maximum atomic E-state index is 12.1. The first kappa shape index (κ1) is 19.8. The van der Waals surface area contributed by atoms with Crippen LogP contribution in [0.4, 0.5) is 0 Å². The first-order chi connectivity index (χ1) is 12.6. The van der Waals surface area contributed by atoms with Crippen LogP contribution in [0.5, 0.6) is 5.75 Å². The summed E-state index contributed by atoms with van der Waals surface area (Å²) in [6.07, 6.45) is 4.27. The van der Waals surface area contributed by atoms with Crippen molar-refractivity contribution >= 4 is 17.8 Å².